The summed E-state index contributed by atoms with van der Waals surface area (Å²) < 4.78 is 80.4. The van der Waals surface area contributed by atoms with Crippen molar-refractivity contribution in [3.63, 3.8) is 0 Å². The van der Waals surface area contributed by atoms with Crippen molar-refractivity contribution in [2.75, 3.05) is 19.4 Å². The SMILES string of the molecule is CN(C)S(=O)(=O)c1c(F)c(F)c(F)c(F)c1NCc1ccc(C#N)cc1. The van der Waals surface area contributed by atoms with Gasteiger partial charge >= 0.3 is 0 Å². The third-order valence-electron chi connectivity index (χ3n) is 3.52. The molecular formula is C16H13F4N3O2S. The van der Waals surface area contributed by atoms with E-state index in [0.717, 1.165) is 14.1 Å². The highest BCUT2D eigenvalue weighted by Crippen LogP contribution is 2.33. The largest absolute Gasteiger partial charge is 0.377 e. The van der Waals surface area contributed by atoms with E-state index in [1.807, 2.05) is 6.07 Å². The smallest absolute Gasteiger partial charge is 0.247 e. The standard InChI is InChI=1S/C16H13F4N3O2S/c1-23(2)26(24,25)16-14(20)12(18)11(17)13(19)15(16)22-8-10-5-3-9(7-21)4-6-10/h3-6,22H,8H2,1-2H3. The first-order valence-electron chi connectivity index (χ1n) is 7.12. The lowest BCUT2D eigenvalue weighted by Crippen LogP contribution is -2.26. The lowest BCUT2D eigenvalue weighted by Gasteiger charge is -2.18. The lowest BCUT2D eigenvalue weighted by molar-refractivity contribution is 0.396. The van der Waals surface area contributed by atoms with E-state index in [0.29, 0.717) is 15.4 Å². The lowest BCUT2D eigenvalue weighted by atomic mass is 10.1. The van der Waals surface area contributed by atoms with Crippen LogP contribution in [0.1, 0.15) is 11.1 Å². The molecule has 0 radical (unpaired) electrons. The van der Waals surface area contributed by atoms with Gasteiger partial charge in [-0.2, -0.15) is 5.26 Å². The average molecular weight is 387 g/mol. The summed E-state index contributed by atoms with van der Waals surface area (Å²) in [6.07, 6.45) is 0. The van der Waals surface area contributed by atoms with Crippen LogP contribution in [0.5, 0.6) is 0 Å². The minimum absolute atomic E-state index is 0.219. The Kier molecular flexibility index (Phi) is 5.53. The molecule has 2 aromatic carbocycles. The molecule has 0 atom stereocenters. The van der Waals surface area contributed by atoms with Gasteiger partial charge in [0, 0.05) is 20.6 Å². The van der Waals surface area contributed by atoms with Gasteiger partial charge < -0.3 is 5.32 Å². The average Bonchev–Trinajstić information content (AvgIpc) is 2.61. The molecular weight excluding hydrogens is 374 g/mol. The van der Waals surface area contributed by atoms with Crippen LogP contribution in [0.4, 0.5) is 23.2 Å². The maximum absolute atomic E-state index is 14.1. The molecule has 10 heteroatoms. The van der Waals surface area contributed by atoms with Gasteiger partial charge in [0.15, 0.2) is 23.3 Å². The van der Waals surface area contributed by atoms with E-state index < -0.39 is 43.9 Å². The van der Waals surface area contributed by atoms with Crippen molar-refractivity contribution in [1.29, 1.82) is 5.26 Å². The van der Waals surface area contributed by atoms with Crippen molar-refractivity contribution in [3.05, 3.63) is 58.7 Å². The summed E-state index contributed by atoms with van der Waals surface area (Å²) >= 11 is 0. The van der Waals surface area contributed by atoms with Gasteiger partial charge in [-0.1, -0.05) is 12.1 Å². The molecule has 0 spiro atoms. The summed E-state index contributed by atoms with van der Waals surface area (Å²) in [4.78, 5) is -1.33. The van der Waals surface area contributed by atoms with Gasteiger partial charge in [0.05, 0.1) is 17.3 Å². The number of rotatable bonds is 5. The summed E-state index contributed by atoms with van der Waals surface area (Å²) in [7, 11) is -2.53. The Hall–Kier alpha value is -2.64. The fourth-order valence-corrected chi connectivity index (χ4v) is 3.18. The number of hydrogen-bond acceptors (Lipinski definition) is 4. The number of sulfonamides is 1. The second kappa shape index (κ2) is 7.31. The third kappa shape index (κ3) is 3.49. The molecule has 2 rings (SSSR count). The molecule has 0 bridgehead atoms. The van der Waals surface area contributed by atoms with Crippen molar-refractivity contribution >= 4 is 15.7 Å². The van der Waals surface area contributed by atoms with Crippen LogP contribution in [0.3, 0.4) is 0 Å². The molecule has 0 aromatic heterocycles. The Balaban J connectivity index is 2.54. The molecule has 1 N–H and O–H groups in total. The molecule has 0 saturated heterocycles. The van der Waals surface area contributed by atoms with E-state index >= 15 is 0 Å². The zero-order valence-corrected chi connectivity index (χ0v) is 14.5. The summed E-state index contributed by atoms with van der Waals surface area (Å²) in [5.41, 5.74) is -0.184. The molecule has 26 heavy (non-hydrogen) atoms. The number of halogens is 4. The monoisotopic (exact) mass is 387 g/mol. The normalized spacial score (nSPS) is 11.5. The van der Waals surface area contributed by atoms with E-state index in [2.05, 4.69) is 5.32 Å². The van der Waals surface area contributed by atoms with Crippen LogP contribution >= 0.6 is 0 Å². The van der Waals surface area contributed by atoms with Crippen molar-refractivity contribution in [1.82, 2.24) is 4.31 Å². The summed E-state index contributed by atoms with van der Waals surface area (Å²) in [6, 6.07) is 7.78. The van der Waals surface area contributed by atoms with E-state index in [1.165, 1.54) is 24.3 Å². The highest BCUT2D eigenvalue weighted by atomic mass is 32.2. The molecule has 0 amide bonds. The van der Waals surface area contributed by atoms with Crippen molar-refractivity contribution < 1.29 is 26.0 Å². The predicted molar refractivity (Wildman–Crippen MR) is 85.6 cm³/mol. The number of anilines is 1. The summed E-state index contributed by atoms with van der Waals surface area (Å²) in [5, 5.41) is 11.0. The molecule has 0 aliphatic rings. The second-order valence-electron chi connectivity index (χ2n) is 5.41. The fraction of sp³-hybridized carbons (Fsp3) is 0.188. The third-order valence-corrected chi connectivity index (χ3v) is 5.38. The molecule has 0 unspecified atom stereocenters. The van der Waals surface area contributed by atoms with Crippen LogP contribution in [0.25, 0.3) is 0 Å². The Labute approximate surface area is 147 Å². The quantitative estimate of drug-likeness (QED) is 0.486. The molecule has 2 aromatic rings. The van der Waals surface area contributed by atoms with Crippen LogP contribution in [-0.2, 0) is 16.6 Å². The summed E-state index contributed by atoms with van der Waals surface area (Å²) in [5.74, 6) is -8.20. The molecule has 0 fully saturated rings. The van der Waals surface area contributed by atoms with Crippen LogP contribution in [-0.4, -0.2) is 26.8 Å². The number of nitriles is 1. The number of hydrogen-bond donors (Lipinski definition) is 1. The molecule has 138 valence electrons. The predicted octanol–water partition coefficient (Wildman–Crippen LogP) is 2.98. The minimum atomic E-state index is -4.61. The van der Waals surface area contributed by atoms with Gasteiger partial charge in [0.25, 0.3) is 0 Å². The Bertz CT molecular complexity index is 984. The highest BCUT2D eigenvalue weighted by molar-refractivity contribution is 7.89. The zero-order valence-electron chi connectivity index (χ0n) is 13.6. The van der Waals surface area contributed by atoms with Crippen molar-refractivity contribution in [2.45, 2.75) is 11.4 Å². The zero-order chi connectivity index (χ0) is 19.6. The molecule has 0 heterocycles. The van der Waals surface area contributed by atoms with Gasteiger partial charge in [-0.15, -0.1) is 0 Å². The Morgan fingerprint density at radius 1 is 1.00 bits per heavy atom. The maximum atomic E-state index is 14.1. The fourth-order valence-electron chi connectivity index (χ4n) is 2.08. The van der Waals surface area contributed by atoms with Gasteiger partial charge in [-0.25, -0.2) is 30.3 Å². The first-order chi connectivity index (χ1) is 12.1. The number of benzene rings is 2. The van der Waals surface area contributed by atoms with E-state index in [1.54, 1.807) is 0 Å². The molecule has 0 aliphatic carbocycles. The topological polar surface area (TPSA) is 73.2 Å². The van der Waals surface area contributed by atoms with Crippen molar-refractivity contribution in [3.8, 4) is 6.07 Å². The van der Waals surface area contributed by atoms with Gasteiger partial charge in [0.2, 0.25) is 10.0 Å². The first kappa shape index (κ1) is 19.7. The van der Waals surface area contributed by atoms with E-state index in [4.69, 9.17) is 5.26 Å². The Morgan fingerprint density at radius 2 is 1.54 bits per heavy atom. The summed E-state index contributed by atoms with van der Waals surface area (Å²) in [6.45, 7) is -0.219. The molecule has 0 aliphatic heterocycles. The second-order valence-corrected chi connectivity index (χ2v) is 7.50. The van der Waals surface area contributed by atoms with Crippen LogP contribution in [0.15, 0.2) is 29.2 Å². The van der Waals surface area contributed by atoms with Gasteiger partial charge in [-0.3, -0.25) is 0 Å². The number of nitrogens with one attached hydrogen (secondary N) is 1. The van der Waals surface area contributed by atoms with Crippen molar-refractivity contribution in [2.24, 2.45) is 0 Å². The molecule has 5 nitrogen and oxygen atoms in total. The first-order valence-corrected chi connectivity index (χ1v) is 8.56. The number of nitrogens with zero attached hydrogens (tertiary/aromatic N) is 2. The van der Waals surface area contributed by atoms with E-state index in [-0.39, 0.29) is 6.54 Å². The molecule has 0 saturated carbocycles. The Morgan fingerprint density at radius 3 is 2.04 bits per heavy atom. The van der Waals surface area contributed by atoms with Gasteiger partial charge in [0.1, 0.15) is 4.90 Å². The van der Waals surface area contributed by atoms with E-state index in [9.17, 15) is 26.0 Å². The minimum Gasteiger partial charge on any atom is -0.377 e. The van der Waals surface area contributed by atoms with Crippen LogP contribution in [0, 0.1) is 34.6 Å². The highest BCUT2D eigenvalue weighted by Gasteiger charge is 2.34. The van der Waals surface area contributed by atoms with Gasteiger partial charge in [-0.05, 0) is 17.7 Å². The van der Waals surface area contributed by atoms with Crippen LogP contribution in [0.2, 0.25) is 0 Å². The maximum Gasteiger partial charge on any atom is 0.247 e. The van der Waals surface area contributed by atoms with Crippen LogP contribution < -0.4 is 5.32 Å².